The van der Waals surface area contributed by atoms with Crippen LogP contribution >= 0.6 is 22.9 Å². The topological polar surface area (TPSA) is 43.6 Å². The summed E-state index contributed by atoms with van der Waals surface area (Å²) in [5, 5.41) is 0. The molecule has 0 amide bonds. The number of nitrogens with zero attached hydrogens (tertiary/aromatic N) is 2. The summed E-state index contributed by atoms with van der Waals surface area (Å²) in [6.07, 6.45) is 3.57. The Morgan fingerprint density at radius 1 is 1.32 bits per heavy atom. The molecule has 0 atom stereocenters. The number of hydrogen-bond acceptors (Lipinski definition) is 4. The van der Waals surface area contributed by atoms with E-state index in [9.17, 15) is 4.79 Å². The van der Waals surface area contributed by atoms with Crippen LogP contribution in [-0.2, 0) is 4.74 Å². The molecule has 0 aliphatic carbocycles. The van der Waals surface area contributed by atoms with E-state index in [4.69, 9.17) is 16.3 Å². The van der Waals surface area contributed by atoms with Gasteiger partial charge in [0.05, 0.1) is 27.6 Å². The Labute approximate surface area is 118 Å². The van der Waals surface area contributed by atoms with Gasteiger partial charge in [0, 0.05) is 12.4 Å². The van der Waals surface area contributed by atoms with Crippen LogP contribution in [0.25, 0.3) is 16.2 Å². The summed E-state index contributed by atoms with van der Waals surface area (Å²) in [5.74, 6) is -0.365. The first-order valence-electron chi connectivity index (χ1n) is 5.50. The number of pyridine rings is 1. The van der Waals surface area contributed by atoms with Crippen LogP contribution in [0.2, 0.25) is 4.34 Å². The minimum Gasteiger partial charge on any atom is -0.465 e. The third-order valence-corrected chi connectivity index (χ3v) is 3.95. The zero-order valence-electron chi connectivity index (χ0n) is 9.96. The molecule has 0 unspecified atom stereocenters. The van der Waals surface area contributed by atoms with Gasteiger partial charge < -0.3 is 9.14 Å². The summed E-state index contributed by atoms with van der Waals surface area (Å²) in [6, 6.07) is 7.24. The van der Waals surface area contributed by atoms with Crippen LogP contribution in [0.4, 0.5) is 0 Å². The third kappa shape index (κ3) is 2.22. The number of carbonyl (C=O) groups excluding carboxylic acids is 1. The first-order valence-corrected chi connectivity index (χ1v) is 6.69. The number of imidazole rings is 1. The Balaban J connectivity index is 2.08. The number of methoxy groups -OCH3 is 1. The number of rotatable bonds is 2. The Morgan fingerprint density at radius 3 is 2.84 bits per heavy atom. The molecule has 0 N–H and O–H groups in total. The number of halogens is 1. The van der Waals surface area contributed by atoms with Crippen LogP contribution in [0.15, 0.2) is 36.7 Å². The number of ether oxygens (including phenoxy) is 1. The first kappa shape index (κ1) is 12.2. The summed E-state index contributed by atoms with van der Waals surface area (Å²) in [5.41, 5.74) is 2.09. The molecule has 3 heterocycles. The van der Waals surface area contributed by atoms with Crippen LogP contribution in [0.5, 0.6) is 0 Å². The van der Waals surface area contributed by atoms with Crippen LogP contribution < -0.4 is 0 Å². The maximum Gasteiger partial charge on any atom is 0.339 e. The van der Waals surface area contributed by atoms with Crippen molar-refractivity contribution in [2.45, 2.75) is 0 Å². The van der Waals surface area contributed by atoms with Crippen LogP contribution in [-0.4, -0.2) is 22.5 Å². The molecule has 96 valence electrons. The van der Waals surface area contributed by atoms with Gasteiger partial charge in [-0.1, -0.05) is 11.6 Å². The lowest BCUT2D eigenvalue weighted by Crippen LogP contribution is -2.02. The Hall–Kier alpha value is -1.85. The van der Waals surface area contributed by atoms with Gasteiger partial charge in [-0.25, -0.2) is 9.78 Å². The molecule has 3 aromatic heterocycles. The Morgan fingerprint density at radius 2 is 2.16 bits per heavy atom. The highest BCUT2D eigenvalue weighted by Gasteiger charge is 2.10. The van der Waals surface area contributed by atoms with Gasteiger partial charge in [0.1, 0.15) is 5.65 Å². The van der Waals surface area contributed by atoms with E-state index in [1.54, 1.807) is 22.7 Å². The summed E-state index contributed by atoms with van der Waals surface area (Å²) in [7, 11) is 1.36. The number of esters is 1. The van der Waals surface area contributed by atoms with E-state index in [1.165, 1.54) is 18.4 Å². The minimum absolute atomic E-state index is 0.365. The predicted octanol–water partition coefficient (Wildman–Crippen LogP) is 3.50. The molecule has 3 rings (SSSR count). The van der Waals surface area contributed by atoms with Crippen molar-refractivity contribution in [3.63, 3.8) is 0 Å². The Bertz CT molecular complexity index is 763. The minimum atomic E-state index is -0.365. The number of thiophene rings is 1. The zero-order chi connectivity index (χ0) is 13.4. The second-order valence-corrected chi connectivity index (χ2v) is 5.62. The summed E-state index contributed by atoms with van der Waals surface area (Å²) in [4.78, 5) is 16.9. The van der Waals surface area contributed by atoms with E-state index in [-0.39, 0.29) is 5.97 Å². The molecule has 6 heteroatoms. The van der Waals surface area contributed by atoms with Gasteiger partial charge in [0.25, 0.3) is 0 Å². The van der Waals surface area contributed by atoms with Crippen molar-refractivity contribution in [3.05, 3.63) is 46.6 Å². The van der Waals surface area contributed by atoms with Crippen molar-refractivity contribution in [2.75, 3.05) is 7.11 Å². The van der Waals surface area contributed by atoms with Gasteiger partial charge in [0.15, 0.2) is 0 Å². The largest absolute Gasteiger partial charge is 0.465 e. The van der Waals surface area contributed by atoms with Crippen molar-refractivity contribution in [3.8, 4) is 10.6 Å². The lowest BCUT2D eigenvalue weighted by molar-refractivity contribution is 0.0600. The van der Waals surface area contributed by atoms with Gasteiger partial charge in [-0.3, -0.25) is 0 Å². The average Bonchev–Trinajstić information content (AvgIpc) is 3.02. The highest BCUT2D eigenvalue weighted by molar-refractivity contribution is 7.19. The van der Waals surface area contributed by atoms with E-state index in [2.05, 4.69) is 4.98 Å². The molecular weight excluding hydrogens is 284 g/mol. The van der Waals surface area contributed by atoms with Gasteiger partial charge in [-0.05, 0) is 24.3 Å². The fraction of sp³-hybridized carbons (Fsp3) is 0.0769. The Kier molecular flexibility index (Phi) is 3.00. The number of hydrogen-bond donors (Lipinski definition) is 0. The third-order valence-electron chi connectivity index (χ3n) is 2.70. The molecule has 3 aromatic rings. The van der Waals surface area contributed by atoms with E-state index in [0.717, 1.165) is 20.6 Å². The second-order valence-electron chi connectivity index (χ2n) is 3.90. The SMILES string of the molecule is COC(=O)c1ccc2nc(-c3ccc(Cl)s3)cn2c1. The highest BCUT2D eigenvalue weighted by Crippen LogP contribution is 2.30. The summed E-state index contributed by atoms with van der Waals surface area (Å²) in [6.45, 7) is 0. The van der Waals surface area contributed by atoms with Crippen LogP contribution in [0, 0.1) is 0 Å². The van der Waals surface area contributed by atoms with Crippen molar-refractivity contribution < 1.29 is 9.53 Å². The second kappa shape index (κ2) is 4.68. The summed E-state index contributed by atoms with van der Waals surface area (Å²) < 4.78 is 7.22. The van der Waals surface area contributed by atoms with Crippen molar-refractivity contribution in [1.82, 2.24) is 9.38 Å². The molecule has 0 aliphatic rings. The zero-order valence-corrected chi connectivity index (χ0v) is 11.5. The molecule has 0 spiro atoms. The molecule has 4 nitrogen and oxygen atoms in total. The lowest BCUT2D eigenvalue weighted by atomic mass is 10.3. The van der Waals surface area contributed by atoms with Crippen molar-refractivity contribution in [2.24, 2.45) is 0 Å². The van der Waals surface area contributed by atoms with E-state index >= 15 is 0 Å². The van der Waals surface area contributed by atoms with Crippen LogP contribution in [0.3, 0.4) is 0 Å². The molecule has 0 aromatic carbocycles. The molecule has 0 fully saturated rings. The fourth-order valence-corrected chi connectivity index (χ4v) is 2.80. The molecule has 0 bridgehead atoms. The molecular formula is C13H9ClN2O2S. The van der Waals surface area contributed by atoms with E-state index in [1.807, 2.05) is 18.3 Å². The normalized spacial score (nSPS) is 10.8. The van der Waals surface area contributed by atoms with E-state index < -0.39 is 0 Å². The van der Waals surface area contributed by atoms with Crippen molar-refractivity contribution in [1.29, 1.82) is 0 Å². The van der Waals surface area contributed by atoms with Gasteiger partial charge in [-0.15, -0.1) is 11.3 Å². The molecule has 0 radical (unpaired) electrons. The number of aromatic nitrogens is 2. The van der Waals surface area contributed by atoms with Crippen molar-refractivity contribution >= 4 is 34.6 Å². The van der Waals surface area contributed by atoms with Gasteiger partial charge in [0.2, 0.25) is 0 Å². The van der Waals surface area contributed by atoms with Gasteiger partial charge in [-0.2, -0.15) is 0 Å². The molecule has 19 heavy (non-hydrogen) atoms. The number of fused-ring (bicyclic) bond motifs is 1. The lowest BCUT2D eigenvalue weighted by Gasteiger charge is -1.99. The average molecular weight is 293 g/mol. The maximum atomic E-state index is 11.5. The summed E-state index contributed by atoms with van der Waals surface area (Å²) >= 11 is 7.39. The highest BCUT2D eigenvalue weighted by atomic mass is 35.5. The quantitative estimate of drug-likeness (QED) is 0.679. The van der Waals surface area contributed by atoms with Gasteiger partial charge >= 0.3 is 5.97 Å². The fourth-order valence-electron chi connectivity index (χ4n) is 1.80. The number of carbonyl (C=O) groups is 1. The molecule has 0 aliphatic heterocycles. The molecule has 0 saturated carbocycles. The maximum absolute atomic E-state index is 11.5. The smallest absolute Gasteiger partial charge is 0.339 e. The monoisotopic (exact) mass is 292 g/mol. The standard InChI is InChI=1S/C13H9ClN2O2S/c1-18-13(17)8-2-5-12-15-9(7-16(12)6-8)10-3-4-11(14)19-10/h2-7H,1H3. The van der Waals surface area contributed by atoms with E-state index in [0.29, 0.717) is 5.56 Å². The predicted molar refractivity (Wildman–Crippen MR) is 74.9 cm³/mol. The molecule has 0 saturated heterocycles. The first-order chi connectivity index (χ1) is 9.17. The van der Waals surface area contributed by atoms with Crippen LogP contribution in [0.1, 0.15) is 10.4 Å².